The topological polar surface area (TPSA) is 73.0 Å². The number of hydrogen-bond donors (Lipinski definition) is 3. The second-order valence-corrected chi connectivity index (χ2v) is 4.73. The molecule has 0 aliphatic heterocycles. The van der Waals surface area contributed by atoms with Gasteiger partial charge in [-0.15, -0.1) is 0 Å². The third-order valence-electron chi connectivity index (χ3n) is 3.30. The molecule has 0 amide bonds. The van der Waals surface area contributed by atoms with E-state index in [-0.39, 0.29) is 11.5 Å². The number of nitrogens with zero attached hydrogens (tertiary/aromatic N) is 1. The van der Waals surface area contributed by atoms with Crippen molar-refractivity contribution >= 4 is 5.71 Å². The molecule has 1 saturated carbocycles. The van der Waals surface area contributed by atoms with E-state index in [9.17, 15) is 15.3 Å². The molecule has 1 aliphatic carbocycles. The molecule has 0 heterocycles. The lowest BCUT2D eigenvalue weighted by atomic mass is 9.98. The molecule has 1 aromatic rings. The summed E-state index contributed by atoms with van der Waals surface area (Å²) in [7, 11) is 0. The highest BCUT2D eigenvalue weighted by Crippen LogP contribution is 2.28. The van der Waals surface area contributed by atoms with Crippen LogP contribution in [-0.2, 0) is 0 Å². The summed E-state index contributed by atoms with van der Waals surface area (Å²) in [5.41, 5.74) is 1.76. The van der Waals surface area contributed by atoms with Crippen molar-refractivity contribution < 1.29 is 15.3 Å². The van der Waals surface area contributed by atoms with Gasteiger partial charge in [0, 0.05) is 5.71 Å². The van der Waals surface area contributed by atoms with Crippen LogP contribution in [0.15, 0.2) is 23.2 Å². The molecule has 0 aromatic heterocycles. The molecule has 18 heavy (non-hydrogen) atoms. The minimum atomic E-state index is -0.731. The van der Waals surface area contributed by atoms with Crippen LogP contribution in [0.25, 0.3) is 0 Å². The molecular weight excluding hydrogens is 230 g/mol. The van der Waals surface area contributed by atoms with Crippen LogP contribution in [0.4, 0.5) is 0 Å². The zero-order valence-electron chi connectivity index (χ0n) is 10.3. The summed E-state index contributed by atoms with van der Waals surface area (Å²) in [6.07, 6.45) is 4.99. The lowest BCUT2D eigenvalue weighted by molar-refractivity contribution is 0.186. The van der Waals surface area contributed by atoms with Gasteiger partial charge in [-0.25, -0.2) is 0 Å². The van der Waals surface area contributed by atoms with Gasteiger partial charge in [0.25, 0.3) is 0 Å². The molecule has 2 rings (SSSR count). The monoisotopic (exact) mass is 249 g/mol. The summed E-state index contributed by atoms with van der Waals surface area (Å²) in [5, 5.41) is 28.5. The van der Waals surface area contributed by atoms with Crippen LogP contribution < -0.4 is 0 Å². The molecule has 0 bridgehead atoms. The summed E-state index contributed by atoms with van der Waals surface area (Å²) in [5.74, 6) is -0.388. The molecule has 98 valence electrons. The number of phenols is 2. The lowest BCUT2D eigenvalue weighted by Gasteiger charge is -2.14. The Morgan fingerprint density at radius 1 is 1.06 bits per heavy atom. The van der Waals surface area contributed by atoms with E-state index in [4.69, 9.17) is 0 Å². The Bertz CT molecular complexity index is 435. The van der Waals surface area contributed by atoms with Gasteiger partial charge < -0.3 is 15.3 Å². The van der Waals surface area contributed by atoms with Crippen LogP contribution >= 0.6 is 0 Å². The Balaban J connectivity index is 1.98. The van der Waals surface area contributed by atoms with Gasteiger partial charge in [-0.05, 0) is 43.4 Å². The van der Waals surface area contributed by atoms with Crippen LogP contribution in [0.2, 0.25) is 0 Å². The van der Waals surface area contributed by atoms with Crippen molar-refractivity contribution in [2.24, 2.45) is 4.99 Å². The highest BCUT2D eigenvalue weighted by molar-refractivity contribution is 5.85. The number of aliphatic hydroxyl groups is 1. The van der Waals surface area contributed by atoms with Crippen molar-refractivity contribution in [2.75, 3.05) is 6.54 Å². The smallest absolute Gasteiger partial charge is 0.157 e. The van der Waals surface area contributed by atoms with Crippen LogP contribution in [0.5, 0.6) is 11.5 Å². The first-order valence-electron chi connectivity index (χ1n) is 6.39. The van der Waals surface area contributed by atoms with E-state index in [1.165, 1.54) is 37.1 Å². The van der Waals surface area contributed by atoms with Crippen molar-refractivity contribution in [3.05, 3.63) is 23.8 Å². The molecular formula is C14H19NO3. The Hall–Kier alpha value is -1.55. The van der Waals surface area contributed by atoms with E-state index >= 15 is 0 Å². The second-order valence-electron chi connectivity index (χ2n) is 4.73. The molecule has 0 saturated heterocycles. The number of aliphatic hydroxyl groups excluding tert-OH is 1. The molecule has 1 aromatic carbocycles. The van der Waals surface area contributed by atoms with Gasteiger partial charge in [0.2, 0.25) is 0 Å². The van der Waals surface area contributed by atoms with Gasteiger partial charge in [-0.3, -0.25) is 4.99 Å². The van der Waals surface area contributed by atoms with Crippen molar-refractivity contribution in [1.29, 1.82) is 0 Å². The van der Waals surface area contributed by atoms with Gasteiger partial charge in [0.1, 0.15) is 0 Å². The fraction of sp³-hybridized carbons (Fsp3) is 0.500. The Labute approximate surface area is 107 Å². The maximum absolute atomic E-state index is 9.97. The fourth-order valence-electron chi connectivity index (χ4n) is 2.19. The highest BCUT2D eigenvalue weighted by atomic mass is 16.3. The normalized spacial score (nSPS) is 17.5. The quantitative estimate of drug-likeness (QED) is 0.721. The third-order valence-corrected chi connectivity index (χ3v) is 3.30. The molecule has 1 aliphatic rings. The van der Waals surface area contributed by atoms with Crippen LogP contribution in [0.1, 0.15) is 43.8 Å². The van der Waals surface area contributed by atoms with Crippen molar-refractivity contribution in [3.63, 3.8) is 0 Å². The minimum Gasteiger partial charge on any atom is -0.504 e. The van der Waals surface area contributed by atoms with Gasteiger partial charge in [-0.2, -0.15) is 0 Å². The maximum Gasteiger partial charge on any atom is 0.157 e. The zero-order chi connectivity index (χ0) is 13.0. The van der Waals surface area contributed by atoms with Gasteiger partial charge in [-0.1, -0.05) is 12.5 Å². The number of aromatic hydroxyl groups is 2. The first-order chi connectivity index (χ1) is 8.66. The summed E-state index contributed by atoms with van der Waals surface area (Å²) in [6.45, 7) is 0.319. The molecule has 1 unspecified atom stereocenters. The average molecular weight is 249 g/mol. The Morgan fingerprint density at radius 3 is 2.44 bits per heavy atom. The van der Waals surface area contributed by atoms with E-state index in [0.29, 0.717) is 12.1 Å². The van der Waals surface area contributed by atoms with Crippen LogP contribution in [-0.4, -0.2) is 27.6 Å². The fourth-order valence-corrected chi connectivity index (χ4v) is 2.19. The van der Waals surface area contributed by atoms with E-state index in [1.807, 2.05) is 0 Å². The maximum atomic E-state index is 9.97. The van der Waals surface area contributed by atoms with Crippen molar-refractivity contribution in [1.82, 2.24) is 0 Å². The zero-order valence-corrected chi connectivity index (χ0v) is 10.3. The van der Waals surface area contributed by atoms with E-state index < -0.39 is 6.10 Å². The largest absolute Gasteiger partial charge is 0.504 e. The summed E-state index contributed by atoms with van der Waals surface area (Å²) < 4.78 is 0. The van der Waals surface area contributed by atoms with Crippen molar-refractivity contribution in [2.45, 2.75) is 38.2 Å². The summed E-state index contributed by atoms with van der Waals surface area (Å²) in [4.78, 5) is 4.43. The van der Waals surface area contributed by atoms with Gasteiger partial charge in [0.05, 0.1) is 12.6 Å². The molecule has 0 spiro atoms. The van der Waals surface area contributed by atoms with E-state index in [2.05, 4.69) is 4.99 Å². The number of rotatable bonds is 3. The predicted octanol–water partition coefficient (Wildman–Crippen LogP) is 2.54. The van der Waals surface area contributed by atoms with Crippen molar-refractivity contribution in [3.8, 4) is 11.5 Å². The van der Waals surface area contributed by atoms with Gasteiger partial charge >= 0.3 is 0 Å². The summed E-state index contributed by atoms with van der Waals surface area (Å²) in [6, 6.07) is 4.35. The SMILES string of the molecule is Oc1ccc(C(O)CN=C2CCCCC2)cc1O. The van der Waals surface area contributed by atoms with Crippen LogP contribution in [0.3, 0.4) is 0 Å². The lowest BCUT2D eigenvalue weighted by Crippen LogP contribution is -2.08. The molecule has 0 radical (unpaired) electrons. The third kappa shape index (κ3) is 3.23. The predicted molar refractivity (Wildman–Crippen MR) is 70.1 cm³/mol. The first-order valence-corrected chi connectivity index (χ1v) is 6.39. The number of phenolic OH excluding ortho intramolecular Hbond substituents is 2. The molecule has 3 N–H and O–H groups in total. The molecule has 4 heteroatoms. The molecule has 1 fully saturated rings. The first kappa shape index (κ1) is 12.9. The average Bonchev–Trinajstić information content (AvgIpc) is 2.40. The number of aliphatic imine (C=N–C) groups is 1. The standard InChI is InChI=1S/C14H19NO3/c16-12-7-6-10(8-13(12)17)14(18)9-15-11-4-2-1-3-5-11/h6-8,14,16-18H,1-5,9H2. The number of hydrogen-bond acceptors (Lipinski definition) is 4. The molecule has 4 nitrogen and oxygen atoms in total. The van der Waals surface area contributed by atoms with Gasteiger partial charge in [0.15, 0.2) is 11.5 Å². The second kappa shape index (κ2) is 5.87. The highest BCUT2D eigenvalue weighted by Gasteiger charge is 2.11. The van der Waals surface area contributed by atoms with E-state index in [1.54, 1.807) is 6.07 Å². The van der Waals surface area contributed by atoms with E-state index in [0.717, 1.165) is 12.8 Å². The number of benzene rings is 1. The minimum absolute atomic E-state index is 0.176. The Kier molecular flexibility index (Phi) is 4.20. The molecule has 1 atom stereocenters. The summed E-state index contributed by atoms with van der Waals surface area (Å²) >= 11 is 0. The van der Waals surface area contributed by atoms with Crippen LogP contribution in [0, 0.1) is 0 Å². The Morgan fingerprint density at radius 2 is 1.78 bits per heavy atom.